The summed E-state index contributed by atoms with van der Waals surface area (Å²) in [6.07, 6.45) is 1.60. The van der Waals surface area contributed by atoms with Crippen LogP contribution in [0.2, 0.25) is 0 Å². The van der Waals surface area contributed by atoms with E-state index in [9.17, 15) is 9.59 Å². The maximum atomic E-state index is 12.7. The first-order valence-electron chi connectivity index (χ1n) is 9.22. The van der Waals surface area contributed by atoms with Crippen LogP contribution in [0, 0.1) is 23.7 Å². The number of carbonyl (C=O) groups is 2. The number of benzene rings is 2. The fraction of sp³-hybridized carbons (Fsp3) is 0.304. The number of fused-ring (bicyclic) bond motifs is 1. The molecular formula is C23H21NO3. The summed E-state index contributed by atoms with van der Waals surface area (Å²) in [6, 6.07) is 14.9. The van der Waals surface area contributed by atoms with E-state index in [1.54, 1.807) is 7.11 Å². The first kappa shape index (κ1) is 17.4. The lowest BCUT2D eigenvalue weighted by molar-refractivity contribution is -0.120. The summed E-state index contributed by atoms with van der Waals surface area (Å²) in [5.74, 6) is 7.76. The fourth-order valence-electron chi connectivity index (χ4n) is 3.90. The molecule has 1 aliphatic heterocycles. The zero-order valence-electron chi connectivity index (χ0n) is 15.3. The van der Waals surface area contributed by atoms with Gasteiger partial charge in [-0.3, -0.25) is 9.59 Å². The molecule has 0 radical (unpaired) electrons. The Bertz CT molecular complexity index is 919. The molecule has 4 rings (SSSR count). The van der Waals surface area contributed by atoms with Crippen molar-refractivity contribution in [1.82, 2.24) is 4.90 Å². The average Bonchev–Trinajstić information content (AvgIpc) is 3.29. The van der Waals surface area contributed by atoms with Crippen LogP contribution in [0.15, 0.2) is 48.5 Å². The molecule has 1 saturated carbocycles. The van der Waals surface area contributed by atoms with Crippen molar-refractivity contribution in [3.05, 3.63) is 65.2 Å². The van der Waals surface area contributed by atoms with Crippen molar-refractivity contribution < 1.29 is 14.3 Å². The number of likely N-dealkylation sites (tertiary alicyclic amines) is 1. The Balaban J connectivity index is 1.42. The molecule has 2 aliphatic rings. The number of hydrogen-bond acceptors (Lipinski definition) is 3. The van der Waals surface area contributed by atoms with E-state index in [4.69, 9.17) is 4.74 Å². The molecule has 27 heavy (non-hydrogen) atoms. The van der Waals surface area contributed by atoms with Crippen LogP contribution < -0.4 is 4.74 Å². The number of nitrogens with zero attached hydrogens (tertiary/aromatic N) is 1. The lowest BCUT2D eigenvalue weighted by atomic mass is 10.0. The SMILES string of the molecule is COc1ccc(C#Cc2ccc(C(=O)N3CC4CCC(=O)C4C3)cc2)cc1. The van der Waals surface area contributed by atoms with Crippen molar-refractivity contribution >= 4 is 11.7 Å². The van der Waals surface area contributed by atoms with Crippen LogP contribution in [0.4, 0.5) is 0 Å². The second kappa shape index (κ2) is 7.28. The number of rotatable bonds is 2. The van der Waals surface area contributed by atoms with Gasteiger partial charge >= 0.3 is 0 Å². The Morgan fingerprint density at radius 1 is 1.00 bits per heavy atom. The number of hydrogen-bond donors (Lipinski definition) is 0. The van der Waals surface area contributed by atoms with Gasteiger partial charge in [0.25, 0.3) is 5.91 Å². The van der Waals surface area contributed by atoms with Gasteiger partial charge in [0.05, 0.1) is 7.11 Å². The third-order valence-corrected chi connectivity index (χ3v) is 5.48. The Morgan fingerprint density at radius 2 is 1.63 bits per heavy atom. The molecule has 0 N–H and O–H groups in total. The molecule has 4 heteroatoms. The Kier molecular flexibility index (Phi) is 4.68. The van der Waals surface area contributed by atoms with E-state index in [2.05, 4.69) is 11.8 Å². The van der Waals surface area contributed by atoms with Crippen LogP contribution >= 0.6 is 0 Å². The normalized spacial score (nSPS) is 20.8. The molecule has 1 aliphatic carbocycles. The lowest BCUT2D eigenvalue weighted by Gasteiger charge is -2.17. The largest absolute Gasteiger partial charge is 0.497 e. The third-order valence-electron chi connectivity index (χ3n) is 5.48. The van der Waals surface area contributed by atoms with Crippen LogP contribution in [0.3, 0.4) is 0 Å². The van der Waals surface area contributed by atoms with Gasteiger partial charge in [0.15, 0.2) is 0 Å². The van der Waals surface area contributed by atoms with Crippen molar-refractivity contribution in [3.63, 3.8) is 0 Å². The van der Waals surface area contributed by atoms with E-state index in [1.165, 1.54) is 0 Å². The fourth-order valence-corrected chi connectivity index (χ4v) is 3.90. The zero-order chi connectivity index (χ0) is 18.8. The summed E-state index contributed by atoms with van der Waals surface area (Å²) in [6.45, 7) is 1.27. The van der Waals surface area contributed by atoms with Crippen LogP contribution in [0.5, 0.6) is 5.75 Å². The van der Waals surface area contributed by atoms with Gasteiger partial charge in [-0.05, 0) is 60.9 Å². The maximum absolute atomic E-state index is 12.7. The monoisotopic (exact) mass is 359 g/mol. The number of amides is 1. The molecule has 2 fully saturated rings. The highest BCUT2D eigenvalue weighted by atomic mass is 16.5. The standard InChI is InChI=1S/C23H21NO3/c1-27-20-11-6-17(7-12-20)3-2-16-4-8-18(9-5-16)23(26)24-14-19-10-13-22(25)21(19)15-24/h4-9,11-12,19,21H,10,13-15H2,1H3. The van der Waals surface area contributed by atoms with E-state index in [0.29, 0.717) is 36.8 Å². The molecule has 136 valence electrons. The van der Waals surface area contributed by atoms with Crippen molar-refractivity contribution in [1.29, 1.82) is 0 Å². The highest BCUT2D eigenvalue weighted by Crippen LogP contribution is 2.35. The first-order chi connectivity index (χ1) is 13.1. The maximum Gasteiger partial charge on any atom is 0.253 e. The molecule has 1 saturated heterocycles. The van der Waals surface area contributed by atoms with E-state index in [-0.39, 0.29) is 11.8 Å². The van der Waals surface area contributed by atoms with Crippen molar-refractivity contribution in [3.8, 4) is 17.6 Å². The minimum atomic E-state index is 0.00636. The summed E-state index contributed by atoms with van der Waals surface area (Å²) in [5, 5.41) is 0. The van der Waals surface area contributed by atoms with Gasteiger partial charge in [0, 0.05) is 42.1 Å². The van der Waals surface area contributed by atoms with Gasteiger partial charge in [-0.25, -0.2) is 0 Å². The Hall–Kier alpha value is -3.06. The van der Waals surface area contributed by atoms with Crippen LogP contribution in [0.1, 0.15) is 34.3 Å². The number of ketones is 1. The van der Waals surface area contributed by atoms with E-state index in [0.717, 1.165) is 23.3 Å². The Morgan fingerprint density at radius 3 is 2.22 bits per heavy atom. The molecule has 0 bridgehead atoms. The van der Waals surface area contributed by atoms with Crippen molar-refractivity contribution in [2.45, 2.75) is 12.8 Å². The van der Waals surface area contributed by atoms with Crippen molar-refractivity contribution in [2.75, 3.05) is 20.2 Å². The van der Waals surface area contributed by atoms with Gasteiger partial charge < -0.3 is 9.64 Å². The van der Waals surface area contributed by atoms with Crippen LogP contribution in [0.25, 0.3) is 0 Å². The van der Waals surface area contributed by atoms with Crippen LogP contribution in [-0.4, -0.2) is 36.8 Å². The number of carbonyl (C=O) groups excluding carboxylic acids is 2. The van der Waals surface area contributed by atoms with Gasteiger partial charge in [-0.15, -0.1) is 0 Å². The summed E-state index contributed by atoms with van der Waals surface area (Å²) in [4.78, 5) is 26.4. The van der Waals surface area contributed by atoms with Crippen LogP contribution in [-0.2, 0) is 4.79 Å². The average molecular weight is 359 g/mol. The molecule has 2 aromatic carbocycles. The van der Waals surface area contributed by atoms with Gasteiger partial charge in [0.2, 0.25) is 0 Å². The van der Waals surface area contributed by atoms with E-state index >= 15 is 0 Å². The molecular weight excluding hydrogens is 338 g/mol. The molecule has 0 aromatic heterocycles. The third kappa shape index (κ3) is 3.59. The molecule has 2 atom stereocenters. The number of Topliss-reactive ketones (excluding diaryl/α,β-unsaturated/α-hetero) is 1. The summed E-state index contributed by atoms with van der Waals surface area (Å²) < 4.78 is 5.14. The van der Waals surface area contributed by atoms with Gasteiger partial charge in [-0.2, -0.15) is 0 Å². The second-order valence-corrected chi connectivity index (χ2v) is 7.14. The molecule has 1 heterocycles. The zero-order valence-corrected chi connectivity index (χ0v) is 15.3. The van der Waals surface area contributed by atoms with Gasteiger partial charge in [0.1, 0.15) is 11.5 Å². The topological polar surface area (TPSA) is 46.6 Å². The molecule has 4 nitrogen and oxygen atoms in total. The minimum absolute atomic E-state index is 0.00636. The van der Waals surface area contributed by atoms with E-state index in [1.807, 2.05) is 53.4 Å². The van der Waals surface area contributed by atoms with Crippen molar-refractivity contribution in [2.24, 2.45) is 11.8 Å². The molecule has 2 unspecified atom stereocenters. The Labute approximate surface area is 159 Å². The summed E-state index contributed by atoms with van der Waals surface area (Å²) in [5.41, 5.74) is 2.41. The number of ether oxygens (including phenoxy) is 1. The number of methoxy groups -OCH3 is 1. The van der Waals surface area contributed by atoms with Gasteiger partial charge in [-0.1, -0.05) is 11.8 Å². The highest BCUT2D eigenvalue weighted by molar-refractivity contribution is 5.95. The van der Waals surface area contributed by atoms with E-state index < -0.39 is 0 Å². The molecule has 2 aromatic rings. The second-order valence-electron chi connectivity index (χ2n) is 7.14. The first-order valence-corrected chi connectivity index (χ1v) is 9.22. The summed E-state index contributed by atoms with van der Waals surface area (Å²) in [7, 11) is 1.63. The smallest absolute Gasteiger partial charge is 0.253 e. The molecule has 1 amide bonds. The minimum Gasteiger partial charge on any atom is -0.497 e. The summed E-state index contributed by atoms with van der Waals surface area (Å²) >= 11 is 0. The predicted octanol–water partition coefficient (Wildman–Crippen LogP) is 3.15. The highest BCUT2D eigenvalue weighted by Gasteiger charge is 2.43. The quantitative estimate of drug-likeness (QED) is 0.774. The lowest BCUT2D eigenvalue weighted by Crippen LogP contribution is -2.30. The predicted molar refractivity (Wildman–Crippen MR) is 103 cm³/mol. The molecule has 0 spiro atoms.